The van der Waals surface area contributed by atoms with Crippen molar-refractivity contribution in [2.45, 2.75) is 116 Å². The van der Waals surface area contributed by atoms with E-state index in [0.717, 1.165) is 12.8 Å². The molecule has 0 spiro atoms. The van der Waals surface area contributed by atoms with E-state index in [1.165, 1.54) is 83.5 Å². The van der Waals surface area contributed by atoms with E-state index in [9.17, 15) is 5.11 Å². The molecule has 0 saturated heterocycles. The third-order valence-electron chi connectivity index (χ3n) is 4.11. The fourth-order valence-corrected chi connectivity index (χ4v) is 2.60. The summed E-state index contributed by atoms with van der Waals surface area (Å²) in [6, 6.07) is 0. The van der Waals surface area contributed by atoms with Gasteiger partial charge in [-0.1, -0.05) is 97.3 Å². The summed E-state index contributed by atoms with van der Waals surface area (Å²) in [5.74, 6) is 0. The molecule has 0 fully saturated rings. The lowest BCUT2D eigenvalue weighted by molar-refractivity contribution is -0.191. The normalized spacial score (nSPS) is 11.4. The van der Waals surface area contributed by atoms with Gasteiger partial charge in [-0.05, 0) is 12.8 Å². The molecule has 0 aliphatic rings. The predicted octanol–water partition coefficient (Wildman–Crippen LogP) is 5.66. The molecule has 1 unspecified atom stereocenters. The number of hydrogen-bond donors (Lipinski definition) is 1. The molecule has 0 amide bonds. The Bertz CT molecular complexity index is 223. The third kappa shape index (κ3) is 24.4. The van der Waals surface area contributed by atoms with Crippen LogP contribution in [0.5, 0.6) is 0 Å². The van der Waals surface area contributed by atoms with E-state index in [4.69, 9.17) is 9.59 Å². The highest BCUT2D eigenvalue weighted by molar-refractivity contribution is 5.20. The Hall–Kier alpha value is -0.660. The molecule has 22 heavy (non-hydrogen) atoms. The van der Waals surface area contributed by atoms with Crippen LogP contribution in [0.4, 0.5) is 0 Å². The molecule has 0 aromatic rings. The number of hydrogen-bond acceptors (Lipinski definition) is 3. The van der Waals surface area contributed by atoms with Crippen LogP contribution in [-0.2, 0) is 9.59 Å². The molecule has 132 valence electrons. The fourth-order valence-electron chi connectivity index (χ4n) is 2.60. The van der Waals surface area contributed by atoms with Crippen molar-refractivity contribution in [2.24, 2.45) is 0 Å². The average Bonchev–Trinajstić information content (AvgIpc) is 2.52. The molecule has 1 atom stereocenters. The van der Waals surface area contributed by atoms with Crippen LogP contribution in [-0.4, -0.2) is 17.4 Å². The van der Waals surface area contributed by atoms with Gasteiger partial charge in [0.2, 0.25) is 0 Å². The summed E-state index contributed by atoms with van der Waals surface area (Å²) >= 11 is 0. The maximum absolute atomic E-state index is 9.44. The number of rotatable bonds is 15. The lowest BCUT2D eigenvalue weighted by atomic mass is 10.0. The van der Waals surface area contributed by atoms with Gasteiger partial charge in [0.15, 0.2) is 0 Å². The molecule has 3 nitrogen and oxygen atoms in total. The van der Waals surface area contributed by atoms with Crippen LogP contribution in [0.2, 0.25) is 0 Å². The topological polar surface area (TPSA) is 54.4 Å². The van der Waals surface area contributed by atoms with Gasteiger partial charge in [0, 0.05) is 0 Å². The van der Waals surface area contributed by atoms with Gasteiger partial charge >= 0.3 is 6.15 Å². The maximum Gasteiger partial charge on any atom is 0.373 e. The quantitative estimate of drug-likeness (QED) is 0.397. The Morgan fingerprint density at radius 2 is 1.00 bits per heavy atom. The standard InChI is InChI=1S/C18H38O.CO2/c1-3-5-6-7-8-9-10-11-12-13-14-15-16-17-18(19)4-2;2-1-3/h18-19H,3-17H2,1-2H3;. The van der Waals surface area contributed by atoms with Crippen LogP contribution < -0.4 is 0 Å². The predicted molar refractivity (Wildman–Crippen MR) is 91.6 cm³/mol. The minimum absolute atomic E-state index is 0.0484. The number of carbonyl (C=O) groups excluding carboxylic acids is 2. The Morgan fingerprint density at radius 3 is 1.32 bits per heavy atom. The van der Waals surface area contributed by atoms with Gasteiger partial charge in [0.25, 0.3) is 0 Å². The number of unbranched alkanes of at least 4 members (excludes halogenated alkanes) is 12. The van der Waals surface area contributed by atoms with Crippen molar-refractivity contribution in [1.29, 1.82) is 0 Å². The minimum Gasteiger partial charge on any atom is -0.393 e. The monoisotopic (exact) mass is 314 g/mol. The first kappa shape index (κ1) is 23.6. The van der Waals surface area contributed by atoms with E-state index in [2.05, 4.69) is 13.8 Å². The van der Waals surface area contributed by atoms with Crippen LogP contribution in [0.25, 0.3) is 0 Å². The van der Waals surface area contributed by atoms with E-state index >= 15 is 0 Å². The zero-order valence-corrected chi connectivity index (χ0v) is 14.9. The van der Waals surface area contributed by atoms with Crippen molar-refractivity contribution >= 4 is 6.15 Å². The summed E-state index contributed by atoms with van der Waals surface area (Å²) in [6.07, 6.45) is 20.3. The van der Waals surface area contributed by atoms with Crippen LogP contribution >= 0.6 is 0 Å². The number of aliphatic hydroxyl groups is 1. The van der Waals surface area contributed by atoms with Gasteiger partial charge in [-0.25, -0.2) is 0 Å². The first-order chi connectivity index (χ1) is 10.7. The highest BCUT2D eigenvalue weighted by atomic mass is 16.3. The van der Waals surface area contributed by atoms with E-state index in [-0.39, 0.29) is 12.3 Å². The summed E-state index contributed by atoms with van der Waals surface area (Å²) in [6.45, 7) is 4.34. The van der Waals surface area contributed by atoms with Crippen molar-refractivity contribution in [1.82, 2.24) is 0 Å². The summed E-state index contributed by atoms with van der Waals surface area (Å²) in [5, 5.41) is 9.44. The Kier molecular flexibility index (Phi) is 24.3. The van der Waals surface area contributed by atoms with E-state index < -0.39 is 0 Å². The summed E-state index contributed by atoms with van der Waals surface area (Å²) in [5.41, 5.74) is 0. The Balaban J connectivity index is 0. The summed E-state index contributed by atoms with van der Waals surface area (Å²) in [4.78, 5) is 16.2. The highest BCUT2D eigenvalue weighted by Crippen LogP contribution is 2.13. The summed E-state index contributed by atoms with van der Waals surface area (Å²) < 4.78 is 0. The Morgan fingerprint density at radius 1 is 0.682 bits per heavy atom. The van der Waals surface area contributed by atoms with Crippen molar-refractivity contribution in [3.63, 3.8) is 0 Å². The lowest BCUT2D eigenvalue weighted by Crippen LogP contribution is -2.03. The van der Waals surface area contributed by atoms with Crippen LogP contribution in [0.15, 0.2) is 0 Å². The fraction of sp³-hybridized carbons (Fsp3) is 0.947. The van der Waals surface area contributed by atoms with Crippen molar-refractivity contribution in [2.75, 3.05) is 0 Å². The highest BCUT2D eigenvalue weighted by Gasteiger charge is 1.99. The van der Waals surface area contributed by atoms with Gasteiger partial charge in [-0.15, -0.1) is 0 Å². The van der Waals surface area contributed by atoms with Crippen LogP contribution in [0.3, 0.4) is 0 Å². The first-order valence-electron chi connectivity index (χ1n) is 9.40. The second-order valence-electron chi connectivity index (χ2n) is 6.18. The van der Waals surface area contributed by atoms with Gasteiger partial charge < -0.3 is 5.11 Å². The maximum atomic E-state index is 9.44. The SMILES string of the molecule is CCCCCCCCCCCCCCCC(O)CC.O=C=O. The minimum atomic E-state index is -0.0484. The van der Waals surface area contributed by atoms with Crippen LogP contribution in [0, 0.1) is 0 Å². The number of aliphatic hydroxyl groups excluding tert-OH is 1. The van der Waals surface area contributed by atoms with E-state index in [1.54, 1.807) is 0 Å². The molecule has 0 radical (unpaired) electrons. The molecular formula is C19H38O3. The van der Waals surface area contributed by atoms with Crippen molar-refractivity contribution in [3.05, 3.63) is 0 Å². The van der Waals surface area contributed by atoms with E-state index in [0.29, 0.717) is 0 Å². The summed E-state index contributed by atoms with van der Waals surface area (Å²) in [7, 11) is 0. The molecule has 0 rings (SSSR count). The second-order valence-corrected chi connectivity index (χ2v) is 6.18. The molecule has 1 N–H and O–H groups in total. The molecule has 0 aliphatic heterocycles. The van der Waals surface area contributed by atoms with Gasteiger partial charge in [-0.2, -0.15) is 9.59 Å². The molecule has 3 heteroatoms. The third-order valence-corrected chi connectivity index (χ3v) is 4.11. The van der Waals surface area contributed by atoms with E-state index in [1.807, 2.05) is 0 Å². The molecule has 0 aromatic heterocycles. The lowest BCUT2D eigenvalue weighted by Gasteiger charge is -2.06. The molecule has 0 heterocycles. The molecule has 0 aliphatic carbocycles. The van der Waals surface area contributed by atoms with Gasteiger partial charge in [0.1, 0.15) is 0 Å². The smallest absolute Gasteiger partial charge is 0.373 e. The molecule has 0 saturated carbocycles. The molecule has 0 aromatic carbocycles. The molecular weight excluding hydrogens is 276 g/mol. The first-order valence-corrected chi connectivity index (χ1v) is 9.40. The van der Waals surface area contributed by atoms with Crippen molar-refractivity contribution < 1.29 is 14.7 Å². The average molecular weight is 315 g/mol. The molecule has 0 bridgehead atoms. The largest absolute Gasteiger partial charge is 0.393 e. The second kappa shape index (κ2) is 22.6. The van der Waals surface area contributed by atoms with Gasteiger partial charge in [-0.3, -0.25) is 0 Å². The van der Waals surface area contributed by atoms with Crippen molar-refractivity contribution in [3.8, 4) is 0 Å². The Labute approximate surface area is 137 Å². The zero-order valence-electron chi connectivity index (χ0n) is 14.9. The van der Waals surface area contributed by atoms with Gasteiger partial charge in [0.05, 0.1) is 6.10 Å². The zero-order chi connectivity index (χ0) is 16.9. The van der Waals surface area contributed by atoms with Crippen LogP contribution in [0.1, 0.15) is 110 Å².